The Hall–Kier alpha value is -1.98. The minimum atomic E-state index is -1.07. The number of hydrazine groups is 1. The molecule has 23 heavy (non-hydrogen) atoms. The first kappa shape index (κ1) is 15.9. The molecule has 2 atom stereocenters. The van der Waals surface area contributed by atoms with Crippen molar-refractivity contribution in [1.29, 1.82) is 0 Å². The Morgan fingerprint density at radius 2 is 1.52 bits per heavy atom. The van der Waals surface area contributed by atoms with Crippen LogP contribution in [0.3, 0.4) is 0 Å². The summed E-state index contributed by atoms with van der Waals surface area (Å²) >= 11 is 4.60. The fourth-order valence-electron chi connectivity index (χ4n) is 2.98. The lowest BCUT2D eigenvalue weighted by Gasteiger charge is -2.36. The highest BCUT2D eigenvalue weighted by Gasteiger charge is 2.57. The molecule has 0 spiro atoms. The zero-order chi connectivity index (χ0) is 16.7. The topological polar surface area (TPSA) is 32.8 Å². The lowest BCUT2D eigenvalue weighted by atomic mass is 9.95. The van der Waals surface area contributed by atoms with E-state index < -0.39 is 10.7 Å². The highest BCUT2D eigenvalue weighted by Crippen LogP contribution is 2.44. The van der Waals surface area contributed by atoms with E-state index in [9.17, 15) is 4.79 Å². The van der Waals surface area contributed by atoms with Crippen molar-refractivity contribution in [3.05, 3.63) is 66.2 Å². The normalized spacial score (nSPS) is 27.3. The van der Waals surface area contributed by atoms with Crippen LogP contribution in [-0.2, 0) is 15.1 Å². The molecule has 0 aromatic heterocycles. The Morgan fingerprint density at radius 3 is 2.09 bits per heavy atom. The van der Waals surface area contributed by atoms with E-state index in [2.05, 4.69) is 12.6 Å². The van der Waals surface area contributed by atoms with Gasteiger partial charge in [0.05, 0.1) is 5.69 Å². The van der Waals surface area contributed by atoms with Gasteiger partial charge in [0.25, 0.3) is 5.91 Å². The second kappa shape index (κ2) is 5.58. The fourth-order valence-corrected chi connectivity index (χ4v) is 3.38. The third kappa shape index (κ3) is 2.60. The van der Waals surface area contributed by atoms with Crippen LogP contribution in [0.2, 0.25) is 0 Å². The molecule has 2 aromatic rings. The van der Waals surface area contributed by atoms with Gasteiger partial charge < -0.3 is 4.74 Å². The van der Waals surface area contributed by atoms with Crippen molar-refractivity contribution >= 4 is 24.2 Å². The molecule has 1 saturated heterocycles. The Bertz CT molecular complexity index is 705. The zero-order valence-electron chi connectivity index (χ0n) is 13.4. The number of amides is 1. The van der Waals surface area contributed by atoms with Gasteiger partial charge in [-0.2, -0.15) is 0 Å². The molecule has 5 heteroatoms. The average Bonchev–Trinajstić information content (AvgIpc) is 2.74. The van der Waals surface area contributed by atoms with Gasteiger partial charge in [0, 0.05) is 7.05 Å². The number of benzene rings is 2. The number of carbonyl (C=O) groups excluding carboxylic acids is 1. The average molecular weight is 328 g/mol. The number of ether oxygens (including phenoxy) is 1. The number of hydrogen-bond acceptors (Lipinski definition) is 4. The molecule has 1 heterocycles. The van der Waals surface area contributed by atoms with Crippen LogP contribution in [0.4, 0.5) is 5.69 Å². The van der Waals surface area contributed by atoms with Gasteiger partial charge in [-0.3, -0.25) is 9.80 Å². The van der Waals surface area contributed by atoms with E-state index in [0.717, 1.165) is 11.3 Å². The summed E-state index contributed by atoms with van der Waals surface area (Å²) in [5.41, 5.74) is 0.636. The second-order valence-corrected chi connectivity index (χ2v) is 6.74. The van der Waals surface area contributed by atoms with Crippen molar-refractivity contribution in [1.82, 2.24) is 5.01 Å². The van der Waals surface area contributed by atoms with Gasteiger partial charge in [-0.15, -0.1) is 12.6 Å². The summed E-state index contributed by atoms with van der Waals surface area (Å²) in [6, 6.07) is 19.2. The number of carbonyl (C=O) groups is 1. The fraction of sp³-hybridized carbons (Fsp3) is 0.278. The maximum absolute atomic E-state index is 13.2. The standard InChI is InChI=1S/C18H20N2O2S/c1-17(14-10-6-4-7-11-14)16(21)20(18(2,23)22-17)19(3)15-12-8-5-9-13-15/h4-13,23H,1-3H3. The van der Waals surface area contributed by atoms with Crippen molar-refractivity contribution in [3.8, 4) is 0 Å². The first-order valence-electron chi connectivity index (χ1n) is 7.48. The molecule has 0 bridgehead atoms. The molecule has 0 radical (unpaired) electrons. The van der Waals surface area contributed by atoms with Crippen LogP contribution in [-0.4, -0.2) is 23.0 Å². The number of rotatable bonds is 3. The molecule has 2 aromatic carbocycles. The first-order valence-corrected chi connectivity index (χ1v) is 7.92. The molecule has 1 fully saturated rings. The van der Waals surface area contributed by atoms with Gasteiger partial charge in [0.1, 0.15) is 0 Å². The summed E-state index contributed by atoms with van der Waals surface area (Å²) < 4.78 is 6.09. The second-order valence-electron chi connectivity index (χ2n) is 5.91. The van der Waals surface area contributed by atoms with Gasteiger partial charge in [-0.25, -0.2) is 5.01 Å². The van der Waals surface area contributed by atoms with Crippen molar-refractivity contribution in [2.45, 2.75) is 24.5 Å². The van der Waals surface area contributed by atoms with Gasteiger partial charge in [-0.05, 0) is 31.5 Å². The number of para-hydroxylation sites is 1. The van der Waals surface area contributed by atoms with E-state index in [1.165, 1.54) is 0 Å². The van der Waals surface area contributed by atoms with Crippen molar-refractivity contribution in [2.75, 3.05) is 12.1 Å². The minimum Gasteiger partial charge on any atom is -0.324 e. The molecule has 1 aliphatic rings. The van der Waals surface area contributed by atoms with Crippen LogP contribution < -0.4 is 5.01 Å². The monoisotopic (exact) mass is 328 g/mol. The number of nitrogens with zero attached hydrogens (tertiary/aromatic N) is 2. The molecule has 1 aliphatic heterocycles. The number of anilines is 1. The molecule has 4 nitrogen and oxygen atoms in total. The molecular weight excluding hydrogens is 308 g/mol. The zero-order valence-corrected chi connectivity index (χ0v) is 14.3. The lowest BCUT2D eigenvalue weighted by Crippen LogP contribution is -2.51. The molecule has 120 valence electrons. The van der Waals surface area contributed by atoms with Gasteiger partial charge in [0.2, 0.25) is 5.06 Å². The molecule has 0 saturated carbocycles. The molecule has 0 N–H and O–H groups in total. The summed E-state index contributed by atoms with van der Waals surface area (Å²) in [6.07, 6.45) is 0. The third-order valence-electron chi connectivity index (χ3n) is 4.15. The van der Waals surface area contributed by atoms with E-state index in [1.54, 1.807) is 23.9 Å². The Labute approximate surface area is 142 Å². The maximum Gasteiger partial charge on any atom is 0.281 e. The van der Waals surface area contributed by atoms with Crippen LogP contribution in [0.1, 0.15) is 19.4 Å². The van der Waals surface area contributed by atoms with Gasteiger partial charge in [-0.1, -0.05) is 48.5 Å². The Balaban J connectivity index is 2.01. The van der Waals surface area contributed by atoms with E-state index in [-0.39, 0.29) is 5.91 Å². The number of hydrogen-bond donors (Lipinski definition) is 1. The largest absolute Gasteiger partial charge is 0.324 e. The van der Waals surface area contributed by atoms with Crippen LogP contribution in [0.15, 0.2) is 60.7 Å². The predicted octanol–water partition coefficient (Wildman–Crippen LogP) is 3.42. The highest BCUT2D eigenvalue weighted by atomic mass is 32.1. The molecular formula is C18H20N2O2S. The van der Waals surface area contributed by atoms with E-state index >= 15 is 0 Å². The Kier molecular flexibility index (Phi) is 3.86. The third-order valence-corrected chi connectivity index (χ3v) is 4.43. The molecule has 3 rings (SSSR count). The molecule has 2 unspecified atom stereocenters. The van der Waals surface area contributed by atoms with Crippen LogP contribution in [0, 0.1) is 0 Å². The summed E-state index contributed by atoms with van der Waals surface area (Å²) in [5, 5.41) is 2.29. The van der Waals surface area contributed by atoms with Crippen molar-refractivity contribution in [3.63, 3.8) is 0 Å². The van der Waals surface area contributed by atoms with E-state index in [1.807, 2.05) is 67.7 Å². The number of thiol groups is 1. The highest BCUT2D eigenvalue weighted by molar-refractivity contribution is 7.81. The van der Waals surface area contributed by atoms with E-state index in [0.29, 0.717) is 0 Å². The van der Waals surface area contributed by atoms with Gasteiger partial charge >= 0.3 is 0 Å². The molecule has 1 amide bonds. The van der Waals surface area contributed by atoms with Crippen molar-refractivity contribution < 1.29 is 9.53 Å². The maximum atomic E-state index is 13.2. The minimum absolute atomic E-state index is 0.146. The summed E-state index contributed by atoms with van der Waals surface area (Å²) in [7, 11) is 1.84. The lowest BCUT2D eigenvalue weighted by molar-refractivity contribution is -0.136. The quantitative estimate of drug-likeness (QED) is 0.877. The predicted molar refractivity (Wildman–Crippen MR) is 94.0 cm³/mol. The molecule has 0 aliphatic carbocycles. The van der Waals surface area contributed by atoms with Crippen LogP contribution in [0.25, 0.3) is 0 Å². The van der Waals surface area contributed by atoms with E-state index in [4.69, 9.17) is 4.74 Å². The van der Waals surface area contributed by atoms with Crippen LogP contribution >= 0.6 is 12.6 Å². The van der Waals surface area contributed by atoms with Gasteiger partial charge in [0.15, 0.2) is 5.60 Å². The summed E-state index contributed by atoms with van der Waals surface area (Å²) in [6.45, 7) is 3.57. The SMILES string of the molecule is CN(c1ccccc1)N1C(=O)C(C)(c2ccccc2)OC1(C)S. The first-order chi connectivity index (χ1) is 10.9. The van der Waals surface area contributed by atoms with Crippen LogP contribution in [0.5, 0.6) is 0 Å². The summed E-state index contributed by atoms with van der Waals surface area (Å²) in [5.74, 6) is -0.146. The summed E-state index contributed by atoms with van der Waals surface area (Å²) in [4.78, 5) is 13.2. The Morgan fingerprint density at radius 1 is 1.00 bits per heavy atom. The van der Waals surface area contributed by atoms with Crippen molar-refractivity contribution in [2.24, 2.45) is 0 Å². The smallest absolute Gasteiger partial charge is 0.281 e.